The zero-order chi connectivity index (χ0) is 52.9. The number of hydrogen-bond acceptors (Lipinski definition) is 14. The molecule has 70 heavy (non-hydrogen) atoms. The molecule has 0 aromatic heterocycles. The molecule has 0 amide bonds. The van der Waals surface area contributed by atoms with Crippen molar-refractivity contribution in [2.24, 2.45) is 16.7 Å². The van der Waals surface area contributed by atoms with E-state index in [9.17, 15) is 4.79 Å². The summed E-state index contributed by atoms with van der Waals surface area (Å²) in [6.07, 6.45) is -5.66. The fraction of sp³-hybridized carbons (Fsp3) is 0.788. The maximum absolute atomic E-state index is 17.5. The lowest BCUT2D eigenvalue weighted by molar-refractivity contribution is -0.341. The smallest absolute Gasteiger partial charge is 0.455 e. The first kappa shape index (κ1) is 58.8. The van der Waals surface area contributed by atoms with Crippen LogP contribution in [0.25, 0.3) is 0 Å². The quantitative estimate of drug-likeness (QED) is 0.0691. The van der Waals surface area contributed by atoms with Crippen molar-refractivity contribution >= 4 is 52.6 Å². The number of hydrogen-bond donors (Lipinski definition) is 0. The second kappa shape index (κ2) is 21.6. The summed E-state index contributed by atoms with van der Waals surface area (Å²) in [6.45, 7) is 37.5. The number of esters is 1. The van der Waals surface area contributed by atoms with Gasteiger partial charge in [-0.2, -0.15) is 0 Å². The Balaban J connectivity index is 2.10. The summed E-state index contributed by atoms with van der Waals surface area (Å²) in [5.74, 6) is -2.13. The van der Waals surface area contributed by atoms with E-state index >= 15 is 9.59 Å². The van der Waals surface area contributed by atoms with Crippen LogP contribution in [0.1, 0.15) is 134 Å². The van der Waals surface area contributed by atoms with Crippen LogP contribution >= 0.6 is 0 Å². The lowest BCUT2D eigenvalue weighted by atomic mass is 9.44. The van der Waals surface area contributed by atoms with Crippen LogP contribution in [0.2, 0.25) is 46.3 Å². The predicted molar refractivity (Wildman–Crippen MR) is 280 cm³/mol. The number of carbonyl (C=O) groups is 3. The summed E-state index contributed by atoms with van der Waals surface area (Å²) in [5, 5.41) is 0. The maximum Gasteiger partial charge on any atom is 0.508 e. The number of ketones is 1. The normalized spacial score (nSPS) is 30.4. The van der Waals surface area contributed by atoms with Crippen molar-refractivity contribution in [2.45, 2.75) is 212 Å². The molecular weight excluding hydrogens is 961 g/mol. The molecule has 2 saturated carbocycles. The fourth-order valence-corrected chi connectivity index (χ4v) is 25.8. The Bertz CT molecular complexity index is 2020. The summed E-state index contributed by atoms with van der Waals surface area (Å²) < 4.78 is 76.6. The number of fused-ring (bicyclic) bond motifs is 5. The van der Waals surface area contributed by atoms with Gasteiger partial charge in [-0.3, -0.25) is 4.79 Å². The van der Waals surface area contributed by atoms with E-state index in [4.69, 9.17) is 49.9 Å². The Kier molecular flexibility index (Phi) is 18.2. The standard InChI is InChI=1S/C52H90O14Si4/c1-31(2)68(57-18,32(3)4)63-39-29-52(66-67(21)22)46(61-47(54)38-26-24-23-25-27-38)44-50(16,45(53)43(42(37(39)13)49(52,14)15)65-70(59-20,35(9)10)36(11)12)40(64-69(58-19,33(5)6)34(7)8)28-41-51(44,30-60-41)62-48(55)56-17/h23-27,31-36,39-41,43-44,46,67H,28-30H2,1-22H3/t39-,40-,41?,43+,44?,46-,50+,51-,52+/m0/s1. The minimum absolute atomic E-state index is 0.0125. The fourth-order valence-electron chi connectivity index (χ4n) is 13.6. The first-order valence-corrected chi connectivity index (χ1v) is 34.4. The van der Waals surface area contributed by atoms with Crippen molar-refractivity contribution in [1.82, 2.24) is 0 Å². The lowest BCUT2D eigenvalue weighted by Gasteiger charge is -2.69. The number of ether oxygens (including phenoxy) is 4. The minimum atomic E-state index is -3.38. The Labute approximate surface area is 425 Å². The van der Waals surface area contributed by atoms with Crippen LogP contribution < -0.4 is 0 Å². The van der Waals surface area contributed by atoms with Gasteiger partial charge in [0, 0.05) is 39.6 Å². The third-order valence-electron chi connectivity index (χ3n) is 17.1. The van der Waals surface area contributed by atoms with Crippen molar-refractivity contribution < 1.29 is 64.3 Å². The molecule has 9 atom stereocenters. The van der Waals surface area contributed by atoms with Gasteiger partial charge in [-0.25, -0.2) is 9.59 Å². The Morgan fingerprint density at radius 2 is 1.21 bits per heavy atom. The molecule has 1 heterocycles. The van der Waals surface area contributed by atoms with Crippen LogP contribution in [0.3, 0.4) is 0 Å². The summed E-state index contributed by atoms with van der Waals surface area (Å²) >= 11 is 0. The molecule has 1 aromatic rings. The zero-order valence-corrected chi connectivity index (χ0v) is 50.9. The third kappa shape index (κ3) is 9.40. The number of methoxy groups -OCH3 is 1. The van der Waals surface area contributed by atoms with E-state index in [0.29, 0.717) is 11.1 Å². The van der Waals surface area contributed by atoms with Gasteiger partial charge in [0.05, 0.1) is 42.8 Å². The Morgan fingerprint density at radius 1 is 0.729 bits per heavy atom. The number of benzene rings is 1. The Hall–Kier alpha value is -2.08. The van der Waals surface area contributed by atoms with Gasteiger partial charge >= 0.3 is 37.8 Å². The average molecular weight is 1050 g/mol. The highest BCUT2D eigenvalue weighted by Crippen LogP contribution is 2.67. The highest BCUT2D eigenvalue weighted by Gasteiger charge is 2.80. The maximum atomic E-state index is 17.5. The predicted octanol–water partition coefficient (Wildman–Crippen LogP) is 11.1. The SMILES string of the molecule is COC(=O)O[C@@]12COC1C[C@H](O[Si](OC)(C(C)C)C(C)C)[C@@]1(C)C(=O)[C@H](O[Si](OC)(C(C)C)C(C)C)C3=C(C)[C@@H](O[Si](OC)(C(C)C)C(C)C)C[C@@](O[SiH](C)C)([C@@H](OC(=O)c4ccccc4)C21)C3(C)C. The Morgan fingerprint density at radius 3 is 1.64 bits per heavy atom. The van der Waals surface area contributed by atoms with Crippen molar-refractivity contribution in [3.63, 3.8) is 0 Å². The molecule has 0 N–H and O–H groups in total. The molecule has 18 heteroatoms. The largest absolute Gasteiger partial charge is 0.508 e. The molecule has 3 fully saturated rings. The lowest BCUT2D eigenvalue weighted by Crippen LogP contribution is -2.83. The first-order chi connectivity index (χ1) is 32.5. The summed E-state index contributed by atoms with van der Waals surface area (Å²) in [7, 11) is -5.61. The van der Waals surface area contributed by atoms with Crippen LogP contribution in [-0.2, 0) is 54.7 Å². The van der Waals surface area contributed by atoms with Crippen LogP contribution in [0.15, 0.2) is 41.5 Å². The van der Waals surface area contributed by atoms with Gasteiger partial charge in [0.2, 0.25) is 0 Å². The van der Waals surface area contributed by atoms with Crippen molar-refractivity contribution in [3.8, 4) is 0 Å². The molecule has 4 aliphatic rings. The van der Waals surface area contributed by atoms with Crippen molar-refractivity contribution in [3.05, 3.63) is 47.0 Å². The van der Waals surface area contributed by atoms with Gasteiger partial charge in [-0.05, 0) is 83.5 Å². The summed E-state index contributed by atoms with van der Waals surface area (Å²) in [5.41, 5.74) is -4.40. The number of Topliss-reactive ketones (excluding diaryl/α,β-unsaturated/α-hetero) is 1. The first-order valence-electron chi connectivity index (χ1n) is 25.7. The van der Waals surface area contributed by atoms with E-state index in [2.05, 4.69) is 117 Å². The molecule has 14 nitrogen and oxygen atoms in total. The third-order valence-corrected chi connectivity index (χ3v) is 31.5. The van der Waals surface area contributed by atoms with Crippen LogP contribution in [0.5, 0.6) is 0 Å². The molecule has 1 aliphatic heterocycles. The van der Waals surface area contributed by atoms with E-state index in [0.717, 1.165) is 5.57 Å². The van der Waals surface area contributed by atoms with E-state index in [-0.39, 0.29) is 58.5 Å². The van der Waals surface area contributed by atoms with Gasteiger partial charge in [0.15, 0.2) is 20.4 Å². The van der Waals surface area contributed by atoms with Crippen LogP contribution in [-0.4, -0.2) is 129 Å². The summed E-state index contributed by atoms with van der Waals surface area (Å²) in [6, 6.07) is 8.83. The molecule has 2 bridgehead atoms. The van der Waals surface area contributed by atoms with Gasteiger partial charge in [0.25, 0.3) is 0 Å². The molecular formula is C52H90O14Si4. The van der Waals surface area contributed by atoms with Crippen molar-refractivity contribution in [2.75, 3.05) is 35.0 Å². The van der Waals surface area contributed by atoms with Gasteiger partial charge in [-0.15, -0.1) is 0 Å². The molecule has 1 saturated heterocycles. The van der Waals surface area contributed by atoms with E-state index in [1.54, 1.807) is 45.6 Å². The average Bonchev–Trinajstić information content (AvgIpc) is 3.28. The highest BCUT2D eigenvalue weighted by atomic mass is 28.4. The molecule has 398 valence electrons. The van der Waals surface area contributed by atoms with Gasteiger partial charge < -0.3 is 49.9 Å². The number of rotatable bonds is 20. The van der Waals surface area contributed by atoms with E-state index < -0.39 is 105 Å². The topological polar surface area (TPSA) is 153 Å². The zero-order valence-electron chi connectivity index (χ0n) is 46.7. The van der Waals surface area contributed by atoms with Crippen LogP contribution in [0, 0.1) is 16.7 Å². The molecule has 5 rings (SSSR count). The van der Waals surface area contributed by atoms with Crippen LogP contribution in [0.4, 0.5) is 4.79 Å². The van der Waals surface area contributed by atoms with Crippen molar-refractivity contribution in [1.29, 1.82) is 0 Å². The van der Waals surface area contributed by atoms with E-state index in [1.165, 1.54) is 7.11 Å². The molecule has 3 aliphatic carbocycles. The second-order valence-corrected chi connectivity index (χ2v) is 38.8. The highest BCUT2D eigenvalue weighted by molar-refractivity contribution is 6.71. The molecule has 0 spiro atoms. The minimum Gasteiger partial charge on any atom is -0.455 e. The second-order valence-electron chi connectivity index (χ2n) is 23.3. The van der Waals surface area contributed by atoms with E-state index in [1.807, 2.05) is 13.0 Å². The van der Waals surface area contributed by atoms with Gasteiger partial charge in [-0.1, -0.05) is 115 Å². The monoisotopic (exact) mass is 1050 g/mol. The molecule has 2 unspecified atom stereocenters. The number of carbonyl (C=O) groups excluding carboxylic acids is 3. The molecule has 0 radical (unpaired) electrons. The molecule has 1 aromatic carbocycles. The summed E-state index contributed by atoms with van der Waals surface area (Å²) in [4.78, 5) is 46.7. The van der Waals surface area contributed by atoms with Gasteiger partial charge in [0.1, 0.15) is 23.9 Å².